The minimum absolute atomic E-state index is 0.419. The number of aliphatic carboxylic acids is 1. The van der Waals surface area contributed by atoms with Gasteiger partial charge in [0.05, 0.1) is 5.92 Å². The standard InChI is InChI=1S/C14H20O2/c1-4-10(2)9-12-5-7-13(8-6-12)11(3)14(15)16/h5-8,10-11H,4,9H2,1-3H3,(H,15,16). The Balaban J connectivity index is 2.71. The topological polar surface area (TPSA) is 37.3 Å². The van der Waals surface area contributed by atoms with E-state index in [9.17, 15) is 4.79 Å². The Morgan fingerprint density at radius 1 is 1.25 bits per heavy atom. The molecule has 1 N–H and O–H groups in total. The molecule has 0 aliphatic rings. The largest absolute Gasteiger partial charge is 0.481 e. The molecule has 2 atom stereocenters. The zero-order valence-corrected chi connectivity index (χ0v) is 10.2. The highest BCUT2D eigenvalue weighted by Gasteiger charge is 2.13. The van der Waals surface area contributed by atoms with Crippen LogP contribution in [0.15, 0.2) is 24.3 Å². The molecule has 0 bridgehead atoms. The Hall–Kier alpha value is -1.31. The van der Waals surface area contributed by atoms with Crippen molar-refractivity contribution in [2.75, 3.05) is 0 Å². The summed E-state index contributed by atoms with van der Waals surface area (Å²) in [5, 5.41) is 8.89. The van der Waals surface area contributed by atoms with E-state index in [0.29, 0.717) is 5.92 Å². The van der Waals surface area contributed by atoms with Crippen molar-refractivity contribution in [1.82, 2.24) is 0 Å². The lowest BCUT2D eigenvalue weighted by Gasteiger charge is -2.10. The SMILES string of the molecule is CCC(C)Cc1ccc(C(C)C(=O)O)cc1. The molecule has 2 unspecified atom stereocenters. The molecule has 0 aromatic heterocycles. The van der Waals surface area contributed by atoms with Crippen LogP contribution in [-0.2, 0) is 11.2 Å². The van der Waals surface area contributed by atoms with Crippen molar-refractivity contribution in [1.29, 1.82) is 0 Å². The molecule has 16 heavy (non-hydrogen) atoms. The maximum absolute atomic E-state index is 10.8. The third kappa shape index (κ3) is 3.37. The van der Waals surface area contributed by atoms with Gasteiger partial charge >= 0.3 is 5.97 Å². The fourth-order valence-electron chi connectivity index (χ4n) is 1.63. The summed E-state index contributed by atoms with van der Waals surface area (Å²) in [6.45, 7) is 6.13. The summed E-state index contributed by atoms with van der Waals surface area (Å²) in [6.07, 6.45) is 2.24. The van der Waals surface area contributed by atoms with Crippen molar-refractivity contribution in [3.63, 3.8) is 0 Å². The first-order valence-corrected chi connectivity index (χ1v) is 5.86. The number of rotatable bonds is 5. The highest BCUT2D eigenvalue weighted by Crippen LogP contribution is 2.18. The van der Waals surface area contributed by atoms with Gasteiger partial charge in [0.25, 0.3) is 0 Å². The molecule has 0 fully saturated rings. The van der Waals surface area contributed by atoms with Crippen LogP contribution in [0.5, 0.6) is 0 Å². The van der Waals surface area contributed by atoms with Gasteiger partial charge < -0.3 is 5.11 Å². The maximum atomic E-state index is 10.8. The van der Waals surface area contributed by atoms with Crippen molar-refractivity contribution < 1.29 is 9.90 Å². The minimum atomic E-state index is -0.769. The summed E-state index contributed by atoms with van der Waals surface area (Å²) in [5.74, 6) is -0.505. The predicted octanol–water partition coefficient (Wildman–Crippen LogP) is 3.46. The third-order valence-electron chi connectivity index (χ3n) is 3.13. The maximum Gasteiger partial charge on any atom is 0.310 e. The van der Waals surface area contributed by atoms with E-state index in [1.54, 1.807) is 6.92 Å². The molecule has 0 aliphatic carbocycles. The Morgan fingerprint density at radius 2 is 1.81 bits per heavy atom. The molecule has 2 heteroatoms. The average Bonchev–Trinajstić information content (AvgIpc) is 2.28. The Kier molecular flexibility index (Phi) is 4.53. The first kappa shape index (κ1) is 12.8. The van der Waals surface area contributed by atoms with Gasteiger partial charge in [-0.3, -0.25) is 4.79 Å². The normalized spacial score (nSPS) is 14.4. The first-order chi connectivity index (χ1) is 7.54. The van der Waals surface area contributed by atoms with E-state index < -0.39 is 11.9 Å². The minimum Gasteiger partial charge on any atom is -0.481 e. The summed E-state index contributed by atoms with van der Waals surface area (Å²) >= 11 is 0. The van der Waals surface area contributed by atoms with Gasteiger partial charge in [0.2, 0.25) is 0 Å². The molecule has 0 radical (unpaired) electrons. The summed E-state index contributed by atoms with van der Waals surface area (Å²) in [4.78, 5) is 10.8. The van der Waals surface area contributed by atoms with Crippen LogP contribution in [0, 0.1) is 5.92 Å². The Labute approximate surface area is 97.3 Å². The van der Waals surface area contributed by atoms with Crippen LogP contribution in [0.4, 0.5) is 0 Å². The van der Waals surface area contributed by atoms with Gasteiger partial charge in [-0.25, -0.2) is 0 Å². The molecular weight excluding hydrogens is 200 g/mol. The first-order valence-electron chi connectivity index (χ1n) is 5.86. The highest BCUT2D eigenvalue weighted by molar-refractivity contribution is 5.75. The Morgan fingerprint density at radius 3 is 2.25 bits per heavy atom. The van der Waals surface area contributed by atoms with Crippen molar-refractivity contribution >= 4 is 5.97 Å². The van der Waals surface area contributed by atoms with Gasteiger partial charge in [0.15, 0.2) is 0 Å². The van der Waals surface area contributed by atoms with E-state index in [-0.39, 0.29) is 0 Å². The monoisotopic (exact) mass is 220 g/mol. The van der Waals surface area contributed by atoms with Gasteiger partial charge in [-0.05, 0) is 30.4 Å². The summed E-state index contributed by atoms with van der Waals surface area (Å²) < 4.78 is 0. The third-order valence-corrected chi connectivity index (χ3v) is 3.13. The molecule has 88 valence electrons. The van der Waals surface area contributed by atoms with Crippen molar-refractivity contribution in [3.05, 3.63) is 35.4 Å². The second-order valence-electron chi connectivity index (χ2n) is 4.52. The van der Waals surface area contributed by atoms with Gasteiger partial charge in [-0.15, -0.1) is 0 Å². The van der Waals surface area contributed by atoms with E-state index >= 15 is 0 Å². The molecule has 0 heterocycles. The summed E-state index contributed by atoms with van der Waals surface area (Å²) in [5.41, 5.74) is 2.16. The van der Waals surface area contributed by atoms with Crippen LogP contribution in [0.3, 0.4) is 0 Å². The second-order valence-corrected chi connectivity index (χ2v) is 4.52. The van der Waals surface area contributed by atoms with Crippen LogP contribution < -0.4 is 0 Å². The van der Waals surface area contributed by atoms with Crippen molar-refractivity contribution in [2.24, 2.45) is 5.92 Å². The molecule has 2 nitrogen and oxygen atoms in total. The molecule has 0 saturated heterocycles. The highest BCUT2D eigenvalue weighted by atomic mass is 16.4. The van der Waals surface area contributed by atoms with Crippen LogP contribution in [0.1, 0.15) is 44.2 Å². The molecule has 0 aliphatic heterocycles. The predicted molar refractivity (Wildman–Crippen MR) is 65.7 cm³/mol. The number of hydrogen-bond acceptors (Lipinski definition) is 1. The quantitative estimate of drug-likeness (QED) is 0.825. The number of benzene rings is 1. The number of carboxylic acids is 1. The molecule has 1 aromatic carbocycles. The number of hydrogen-bond donors (Lipinski definition) is 1. The number of carboxylic acid groups (broad SMARTS) is 1. The zero-order valence-electron chi connectivity index (χ0n) is 10.2. The molecule has 0 amide bonds. The van der Waals surface area contributed by atoms with Gasteiger partial charge in [0.1, 0.15) is 0 Å². The van der Waals surface area contributed by atoms with E-state index in [2.05, 4.69) is 13.8 Å². The van der Waals surface area contributed by atoms with Gasteiger partial charge in [0, 0.05) is 0 Å². The lowest BCUT2D eigenvalue weighted by atomic mass is 9.95. The van der Waals surface area contributed by atoms with Gasteiger partial charge in [-0.2, -0.15) is 0 Å². The molecule has 0 spiro atoms. The smallest absolute Gasteiger partial charge is 0.310 e. The number of carbonyl (C=O) groups is 1. The van der Waals surface area contributed by atoms with E-state index in [1.165, 1.54) is 12.0 Å². The van der Waals surface area contributed by atoms with Crippen molar-refractivity contribution in [3.8, 4) is 0 Å². The molecule has 1 rings (SSSR count). The van der Waals surface area contributed by atoms with Crippen LogP contribution in [0.2, 0.25) is 0 Å². The fourth-order valence-corrected chi connectivity index (χ4v) is 1.63. The van der Waals surface area contributed by atoms with E-state index in [0.717, 1.165) is 12.0 Å². The van der Waals surface area contributed by atoms with Gasteiger partial charge in [-0.1, -0.05) is 44.5 Å². The average molecular weight is 220 g/mol. The Bertz CT molecular complexity index is 340. The molecular formula is C14H20O2. The fraction of sp³-hybridized carbons (Fsp3) is 0.500. The zero-order chi connectivity index (χ0) is 12.1. The van der Waals surface area contributed by atoms with Crippen LogP contribution in [0.25, 0.3) is 0 Å². The lowest BCUT2D eigenvalue weighted by molar-refractivity contribution is -0.138. The summed E-state index contributed by atoms with van der Waals surface area (Å²) in [7, 11) is 0. The van der Waals surface area contributed by atoms with E-state index in [4.69, 9.17) is 5.11 Å². The van der Waals surface area contributed by atoms with Crippen molar-refractivity contribution in [2.45, 2.75) is 39.5 Å². The van der Waals surface area contributed by atoms with E-state index in [1.807, 2.05) is 24.3 Å². The molecule has 0 saturated carbocycles. The summed E-state index contributed by atoms with van der Waals surface area (Å²) in [6, 6.07) is 7.94. The van der Waals surface area contributed by atoms with Crippen LogP contribution in [-0.4, -0.2) is 11.1 Å². The van der Waals surface area contributed by atoms with Crippen LogP contribution >= 0.6 is 0 Å². The lowest BCUT2D eigenvalue weighted by Crippen LogP contribution is -2.07. The molecule has 1 aromatic rings. The second kappa shape index (κ2) is 5.69.